The van der Waals surface area contributed by atoms with E-state index in [4.69, 9.17) is 28.4 Å². The monoisotopic (exact) mass is 416 g/mol. The highest BCUT2D eigenvalue weighted by atomic mass is 16.5. The molecule has 2 aromatic carbocycles. The van der Waals surface area contributed by atoms with E-state index < -0.39 is 0 Å². The van der Waals surface area contributed by atoms with Crippen molar-refractivity contribution in [3.8, 4) is 34.5 Å². The first kappa shape index (κ1) is 21.9. The second-order valence-corrected chi connectivity index (χ2v) is 7.44. The lowest BCUT2D eigenvalue weighted by atomic mass is 9.82. The highest BCUT2D eigenvalue weighted by Gasteiger charge is 2.44. The van der Waals surface area contributed by atoms with E-state index in [2.05, 4.69) is 13.8 Å². The average molecular weight is 417 g/mol. The van der Waals surface area contributed by atoms with Gasteiger partial charge in [0.25, 0.3) is 0 Å². The summed E-state index contributed by atoms with van der Waals surface area (Å²) < 4.78 is 34.2. The number of methoxy groups -OCH3 is 6. The fourth-order valence-electron chi connectivity index (χ4n) is 4.94. The van der Waals surface area contributed by atoms with Gasteiger partial charge in [-0.15, -0.1) is 0 Å². The van der Waals surface area contributed by atoms with Crippen molar-refractivity contribution in [3.05, 3.63) is 34.9 Å². The average Bonchev–Trinajstić information content (AvgIpc) is 3.08. The van der Waals surface area contributed by atoms with Gasteiger partial charge in [0, 0.05) is 34.7 Å². The van der Waals surface area contributed by atoms with E-state index in [0.29, 0.717) is 23.2 Å². The fraction of sp³-hybridized carbons (Fsp3) is 0.500. The Labute approximate surface area is 179 Å². The van der Waals surface area contributed by atoms with Crippen molar-refractivity contribution < 1.29 is 28.4 Å². The third-order valence-electron chi connectivity index (χ3n) is 6.28. The normalized spacial score (nSPS) is 19.8. The molecule has 30 heavy (non-hydrogen) atoms. The van der Waals surface area contributed by atoms with Gasteiger partial charge in [0.15, 0.2) is 23.0 Å². The molecule has 0 N–H and O–H groups in total. The molecule has 2 aromatic rings. The summed E-state index contributed by atoms with van der Waals surface area (Å²) in [6.45, 7) is 4.47. The summed E-state index contributed by atoms with van der Waals surface area (Å²) in [6, 6.07) is 5.80. The molecular formula is C24H32O6. The Balaban J connectivity index is 2.37. The minimum atomic E-state index is 0.0126. The summed E-state index contributed by atoms with van der Waals surface area (Å²) in [5, 5.41) is 0. The predicted octanol–water partition coefficient (Wildman–Crippen LogP) is 5.01. The minimum absolute atomic E-state index is 0.0126. The Kier molecular flexibility index (Phi) is 6.54. The van der Waals surface area contributed by atoms with Gasteiger partial charge in [-0.1, -0.05) is 13.8 Å². The molecule has 0 heterocycles. The molecule has 0 amide bonds. The van der Waals surface area contributed by atoms with Gasteiger partial charge in [0.05, 0.1) is 42.7 Å². The second-order valence-electron chi connectivity index (χ2n) is 7.44. The van der Waals surface area contributed by atoms with E-state index in [0.717, 1.165) is 34.8 Å². The Morgan fingerprint density at radius 1 is 0.633 bits per heavy atom. The van der Waals surface area contributed by atoms with Crippen LogP contribution in [0.15, 0.2) is 18.2 Å². The molecule has 0 radical (unpaired) electrons. The lowest BCUT2D eigenvalue weighted by molar-refractivity contribution is 0.340. The van der Waals surface area contributed by atoms with Crippen LogP contribution in [-0.4, -0.2) is 42.7 Å². The fourth-order valence-corrected chi connectivity index (χ4v) is 4.94. The van der Waals surface area contributed by atoms with E-state index >= 15 is 0 Å². The van der Waals surface area contributed by atoms with Gasteiger partial charge in [-0.25, -0.2) is 0 Å². The highest BCUT2D eigenvalue weighted by molar-refractivity contribution is 5.66. The van der Waals surface area contributed by atoms with E-state index in [9.17, 15) is 0 Å². The van der Waals surface area contributed by atoms with Gasteiger partial charge >= 0.3 is 0 Å². The van der Waals surface area contributed by atoms with Crippen LogP contribution in [0.1, 0.15) is 48.8 Å². The third kappa shape index (κ3) is 3.28. The van der Waals surface area contributed by atoms with Gasteiger partial charge < -0.3 is 28.4 Å². The van der Waals surface area contributed by atoms with Crippen LogP contribution in [0.5, 0.6) is 34.5 Å². The quantitative estimate of drug-likeness (QED) is 0.603. The molecular weight excluding hydrogens is 384 g/mol. The number of hydrogen-bond donors (Lipinski definition) is 0. The van der Waals surface area contributed by atoms with Gasteiger partial charge in [-0.05, 0) is 24.3 Å². The van der Waals surface area contributed by atoms with E-state index in [1.807, 2.05) is 18.2 Å². The summed E-state index contributed by atoms with van der Waals surface area (Å²) in [5.41, 5.74) is 3.28. The van der Waals surface area contributed by atoms with Gasteiger partial charge in [-0.3, -0.25) is 0 Å². The first-order valence-electron chi connectivity index (χ1n) is 10.1. The van der Waals surface area contributed by atoms with Crippen LogP contribution in [0.2, 0.25) is 0 Å². The molecule has 3 rings (SSSR count). The van der Waals surface area contributed by atoms with Crippen LogP contribution in [0.25, 0.3) is 0 Å². The SMILES string of the molecule is CC[C@H]1c2c(OC)cc(OC)c(OC)c2[C@@H](c2cc(OC)c(OC)cc2OC)[C@@H]1C. The van der Waals surface area contributed by atoms with E-state index in [1.165, 1.54) is 5.56 Å². The zero-order valence-corrected chi connectivity index (χ0v) is 19.1. The van der Waals surface area contributed by atoms with Crippen molar-refractivity contribution in [1.29, 1.82) is 0 Å². The van der Waals surface area contributed by atoms with Crippen LogP contribution >= 0.6 is 0 Å². The summed E-state index contributed by atoms with van der Waals surface area (Å²) >= 11 is 0. The Morgan fingerprint density at radius 3 is 1.67 bits per heavy atom. The molecule has 6 heteroatoms. The molecule has 1 aliphatic rings. The molecule has 0 unspecified atom stereocenters. The van der Waals surface area contributed by atoms with Crippen LogP contribution in [-0.2, 0) is 0 Å². The molecule has 1 aliphatic carbocycles. The number of ether oxygens (including phenoxy) is 6. The van der Waals surface area contributed by atoms with Crippen molar-refractivity contribution in [1.82, 2.24) is 0 Å². The molecule has 0 saturated heterocycles. The predicted molar refractivity (Wildman–Crippen MR) is 116 cm³/mol. The minimum Gasteiger partial charge on any atom is -0.496 e. The molecule has 164 valence electrons. The van der Waals surface area contributed by atoms with Gasteiger partial charge in [0.2, 0.25) is 0 Å². The Morgan fingerprint density at radius 2 is 1.17 bits per heavy atom. The summed E-state index contributed by atoms with van der Waals surface area (Å²) in [4.78, 5) is 0. The standard InChI is InChI=1S/C24H32O6/c1-9-14-13(2)21(15-10-17(26-4)18(27-5)11-16(15)25-3)23-22(14)19(28-6)12-20(29-7)24(23)30-8/h10-14,21H,9H2,1-8H3/t13-,14-,21-/m1/s1. The first-order valence-corrected chi connectivity index (χ1v) is 10.1. The zero-order valence-electron chi connectivity index (χ0n) is 19.1. The van der Waals surface area contributed by atoms with Crippen LogP contribution in [0.3, 0.4) is 0 Å². The number of benzene rings is 2. The topological polar surface area (TPSA) is 55.4 Å². The Hall–Kier alpha value is -2.76. The van der Waals surface area contributed by atoms with Crippen molar-refractivity contribution in [2.75, 3.05) is 42.7 Å². The van der Waals surface area contributed by atoms with Crippen molar-refractivity contribution in [2.45, 2.75) is 32.1 Å². The van der Waals surface area contributed by atoms with Crippen LogP contribution in [0, 0.1) is 5.92 Å². The zero-order chi connectivity index (χ0) is 22.0. The molecule has 0 spiro atoms. The number of hydrogen-bond acceptors (Lipinski definition) is 6. The van der Waals surface area contributed by atoms with Crippen molar-refractivity contribution >= 4 is 0 Å². The number of fused-ring (bicyclic) bond motifs is 1. The molecule has 0 fully saturated rings. The van der Waals surface area contributed by atoms with E-state index in [-0.39, 0.29) is 11.8 Å². The smallest absolute Gasteiger partial charge is 0.165 e. The largest absolute Gasteiger partial charge is 0.496 e. The first-order chi connectivity index (χ1) is 14.5. The van der Waals surface area contributed by atoms with Crippen molar-refractivity contribution in [2.24, 2.45) is 5.92 Å². The molecule has 0 aromatic heterocycles. The molecule has 0 saturated carbocycles. The maximum atomic E-state index is 5.87. The highest BCUT2D eigenvalue weighted by Crippen LogP contribution is 2.60. The lowest BCUT2D eigenvalue weighted by Crippen LogP contribution is -2.11. The summed E-state index contributed by atoms with van der Waals surface area (Å²) in [7, 11) is 9.95. The lowest BCUT2D eigenvalue weighted by Gasteiger charge is -2.25. The van der Waals surface area contributed by atoms with Crippen LogP contribution < -0.4 is 28.4 Å². The van der Waals surface area contributed by atoms with Gasteiger partial charge in [0.1, 0.15) is 11.5 Å². The molecule has 0 aliphatic heterocycles. The summed E-state index contributed by atoms with van der Waals surface area (Å²) in [6.07, 6.45) is 0.978. The molecule has 0 bridgehead atoms. The van der Waals surface area contributed by atoms with E-state index in [1.54, 1.807) is 42.7 Å². The van der Waals surface area contributed by atoms with Crippen molar-refractivity contribution in [3.63, 3.8) is 0 Å². The maximum Gasteiger partial charge on any atom is 0.165 e. The second kappa shape index (κ2) is 8.94. The van der Waals surface area contributed by atoms with Crippen LogP contribution in [0.4, 0.5) is 0 Å². The molecule has 6 nitrogen and oxygen atoms in total. The summed E-state index contributed by atoms with van der Waals surface area (Å²) in [5.74, 6) is 4.85. The maximum absolute atomic E-state index is 5.87. The third-order valence-corrected chi connectivity index (χ3v) is 6.28. The number of rotatable bonds is 8. The Bertz CT molecular complexity index is 907. The van der Waals surface area contributed by atoms with Gasteiger partial charge in [-0.2, -0.15) is 0 Å². The molecule has 3 atom stereocenters.